The van der Waals surface area contributed by atoms with Crippen LogP contribution in [0.3, 0.4) is 0 Å². The van der Waals surface area contributed by atoms with Crippen molar-refractivity contribution in [1.82, 2.24) is 9.55 Å². The maximum Gasteiger partial charge on any atom is 0.178 e. The molecule has 0 aliphatic heterocycles. The van der Waals surface area contributed by atoms with Gasteiger partial charge >= 0.3 is 0 Å². The van der Waals surface area contributed by atoms with E-state index in [9.17, 15) is 8.78 Å². The van der Waals surface area contributed by atoms with Crippen molar-refractivity contribution in [2.24, 2.45) is 0 Å². The van der Waals surface area contributed by atoms with Gasteiger partial charge in [0.15, 0.2) is 4.77 Å². The summed E-state index contributed by atoms with van der Waals surface area (Å²) in [4.78, 5) is 3.01. The number of fused-ring (bicyclic) bond motifs is 1. The average Bonchev–Trinajstić information content (AvgIpc) is 2.72. The van der Waals surface area contributed by atoms with Crippen molar-refractivity contribution >= 4 is 23.3 Å². The van der Waals surface area contributed by atoms with Gasteiger partial charge in [0.2, 0.25) is 0 Å². The Labute approximate surface area is 126 Å². The normalized spacial score (nSPS) is 11.2. The second-order valence-electron chi connectivity index (χ2n) is 5.06. The molecule has 0 saturated heterocycles. The van der Waals surface area contributed by atoms with E-state index < -0.39 is 0 Å². The zero-order chi connectivity index (χ0) is 15.0. The fourth-order valence-electron chi connectivity index (χ4n) is 2.53. The highest BCUT2D eigenvalue weighted by molar-refractivity contribution is 7.71. The lowest BCUT2D eigenvalue weighted by Gasteiger charge is -2.08. The lowest BCUT2D eigenvalue weighted by molar-refractivity contribution is 0.624. The van der Waals surface area contributed by atoms with Crippen LogP contribution >= 0.6 is 12.2 Å². The Hall–Kier alpha value is -2.01. The lowest BCUT2D eigenvalue weighted by atomic mass is 10.1. The van der Waals surface area contributed by atoms with Gasteiger partial charge < -0.3 is 9.55 Å². The molecule has 0 aliphatic carbocycles. The molecule has 0 amide bonds. The van der Waals surface area contributed by atoms with Crippen LogP contribution in [0, 0.1) is 23.3 Å². The first-order chi connectivity index (χ1) is 10.0. The van der Waals surface area contributed by atoms with Crippen LogP contribution in [0.2, 0.25) is 0 Å². The summed E-state index contributed by atoms with van der Waals surface area (Å²) in [5.41, 5.74) is 3.57. The summed E-state index contributed by atoms with van der Waals surface area (Å²) in [5.74, 6) is -0.518. The number of halogens is 2. The fourth-order valence-corrected chi connectivity index (χ4v) is 2.83. The highest BCUT2D eigenvalue weighted by atomic mass is 32.1. The molecule has 0 bridgehead atoms. The van der Waals surface area contributed by atoms with Gasteiger partial charge in [0.25, 0.3) is 0 Å². The number of H-pyrrole nitrogens is 1. The Bertz CT molecular complexity index is 864. The summed E-state index contributed by atoms with van der Waals surface area (Å²) in [6.45, 7) is 2.55. The Balaban J connectivity index is 1.91. The number of rotatable bonds is 3. The second kappa shape index (κ2) is 5.41. The Morgan fingerprint density at radius 1 is 1.10 bits per heavy atom. The monoisotopic (exact) mass is 304 g/mol. The van der Waals surface area contributed by atoms with Gasteiger partial charge in [-0.25, -0.2) is 8.78 Å². The van der Waals surface area contributed by atoms with E-state index in [1.165, 1.54) is 24.3 Å². The third kappa shape index (κ3) is 2.74. The lowest BCUT2D eigenvalue weighted by Crippen LogP contribution is -2.03. The molecule has 0 radical (unpaired) electrons. The van der Waals surface area contributed by atoms with E-state index in [0.29, 0.717) is 16.8 Å². The molecular weight excluding hydrogens is 290 g/mol. The predicted molar refractivity (Wildman–Crippen MR) is 81.9 cm³/mol. The van der Waals surface area contributed by atoms with Gasteiger partial charge in [0, 0.05) is 6.54 Å². The van der Waals surface area contributed by atoms with Gasteiger partial charge in [-0.3, -0.25) is 0 Å². The number of aryl methyl sites for hydroxylation is 3. The largest absolute Gasteiger partial charge is 0.330 e. The number of hydrogen-bond acceptors (Lipinski definition) is 1. The third-order valence-electron chi connectivity index (χ3n) is 3.65. The van der Waals surface area contributed by atoms with E-state index in [1.54, 1.807) is 12.1 Å². The quantitative estimate of drug-likeness (QED) is 0.705. The maximum atomic E-state index is 13.2. The van der Waals surface area contributed by atoms with E-state index in [-0.39, 0.29) is 11.6 Å². The van der Waals surface area contributed by atoms with Crippen LogP contribution in [0.5, 0.6) is 0 Å². The Morgan fingerprint density at radius 2 is 1.81 bits per heavy atom. The molecule has 5 heteroatoms. The highest BCUT2D eigenvalue weighted by Crippen LogP contribution is 2.17. The summed E-state index contributed by atoms with van der Waals surface area (Å²) in [6.07, 6.45) is 0.741. The first-order valence-electron chi connectivity index (χ1n) is 6.68. The Morgan fingerprint density at radius 3 is 2.57 bits per heavy atom. The Kier molecular flexibility index (Phi) is 3.59. The molecule has 0 aliphatic rings. The van der Waals surface area contributed by atoms with Crippen molar-refractivity contribution in [2.75, 3.05) is 0 Å². The molecule has 0 saturated carbocycles. The van der Waals surface area contributed by atoms with E-state index in [1.807, 2.05) is 11.5 Å². The smallest absolute Gasteiger partial charge is 0.178 e. The van der Waals surface area contributed by atoms with Crippen molar-refractivity contribution in [1.29, 1.82) is 0 Å². The first kappa shape index (κ1) is 13.9. The summed E-state index contributed by atoms with van der Waals surface area (Å²) in [6, 6.07) is 9.36. The molecular formula is C16H14F2N2S. The molecule has 3 aromatic rings. The molecule has 0 fully saturated rings. The van der Waals surface area contributed by atoms with Gasteiger partial charge in [-0.1, -0.05) is 6.07 Å². The minimum absolute atomic E-state index is 0.226. The zero-order valence-corrected chi connectivity index (χ0v) is 12.3. The maximum absolute atomic E-state index is 13.2. The number of aromatic nitrogens is 2. The van der Waals surface area contributed by atoms with Crippen LogP contribution in [0.1, 0.15) is 11.1 Å². The van der Waals surface area contributed by atoms with Crippen LogP contribution in [0.15, 0.2) is 36.4 Å². The third-order valence-corrected chi connectivity index (χ3v) is 3.97. The molecule has 2 aromatic carbocycles. The molecule has 1 N–H and O–H groups in total. The number of hydrogen-bond donors (Lipinski definition) is 1. The van der Waals surface area contributed by atoms with Crippen LogP contribution in [0.4, 0.5) is 8.78 Å². The standard InChI is InChI=1S/C16H14F2N2S/c1-10-8-12(17)3-2-11(10)6-7-20-15-5-4-13(18)9-14(15)19-16(20)21/h2-5,8-9H,6-7H2,1H3,(H,19,21). The average molecular weight is 304 g/mol. The molecule has 3 rings (SSSR count). The summed E-state index contributed by atoms with van der Waals surface area (Å²) >= 11 is 5.29. The minimum Gasteiger partial charge on any atom is -0.330 e. The van der Waals surface area contributed by atoms with Crippen molar-refractivity contribution < 1.29 is 8.78 Å². The van der Waals surface area contributed by atoms with Crippen molar-refractivity contribution in [2.45, 2.75) is 19.9 Å². The number of aromatic amines is 1. The predicted octanol–water partition coefficient (Wildman–Crippen LogP) is 4.53. The first-order valence-corrected chi connectivity index (χ1v) is 7.08. The van der Waals surface area contributed by atoms with E-state index in [0.717, 1.165) is 23.1 Å². The SMILES string of the molecule is Cc1cc(F)ccc1CCn1c(=S)[nH]c2cc(F)ccc21. The number of benzene rings is 2. The molecule has 0 atom stereocenters. The minimum atomic E-state index is -0.291. The van der Waals surface area contributed by atoms with Crippen LogP contribution in [0.25, 0.3) is 11.0 Å². The number of nitrogens with one attached hydrogen (secondary N) is 1. The number of imidazole rings is 1. The highest BCUT2D eigenvalue weighted by Gasteiger charge is 2.07. The van der Waals surface area contributed by atoms with E-state index >= 15 is 0 Å². The van der Waals surface area contributed by atoms with E-state index in [2.05, 4.69) is 4.98 Å². The van der Waals surface area contributed by atoms with Gasteiger partial charge in [0.05, 0.1) is 11.0 Å². The van der Waals surface area contributed by atoms with Crippen molar-refractivity contribution in [3.63, 3.8) is 0 Å². The zero-order valence-electron chi connectivity index (χ0n) is 11.5. The van der Waals surface area contributed by atoms with E-state index in [4.69, 9.17) is 12.2 Å². The van der Waals surface area contributed by atoms with Crippen LogP contribution in [-0.4, -0.2) is 9.55 Å². The molecule has 0 unspecified atom stereocenters. The van der Waals surface area contributed by atoms with Crippen molar-refractivity contribution in [3.05, 3.63) is 63.9 Å². The molecule has 21 heavy (non-hydrogen) atoms. The molecule has 2 nitrogen and oxygen atoms in total. The number of nitrogens with zero attached hydrogens (tertiary/aromatic N) is 1. The molecule has 1 aromatic heterocycles. The topological polar surface area (TPSA) is 20.7 Å². The summed E-state index contributed by atoms with van der Waals surface area (Å²) in [5, 5.41) is 0. The van der Waals surface area contributed by atoms with Gasteiger partial charge in [-0.15, -0.1) is 0 Å². The fraction of sp³-hybridized carbons (Fsp3) is 0.188. The van der Waals surface area contributed by atoms with Crippen LogP contribution in [-0.2, 0) is 13.0 Å². The van der Waals surface area contributed by atoms with Crippen LogP contribution < -0.4 is 0 Å². The summed E-state index contributed by atoms with van der Waals surface area (Å²) in [7, 11) is 0. The van der Waals surface area contributed by atoms with Gasteiger partial charge in [-0.05, 0) is 67.0 Å². The second-order valence-corrected chi connectivity index (χ2v) is 5.45. The molecule has 1 heterocycles. The van der Waals surface area contributed by atoms with Gasteiger partial charge in [-0.2, -0.15) is 0 Å². The van der Waals surface area contributed by atoms with Gasteiger partial charge in [0.1, 0.15) is 11.6 Å². The molecule has 108 valence electrons. The summed E-state index contributed by atoms with van der Waals surface area (Å²) < 4.78 is 28.8. The van der Waals surface area contributed by atoms with Crippen molar-refractivity contribution in [3.8, 4) is 0 Å². The molecule has 0 spiro atoms.